The first-order valence-electron chi connectivity index (χ1n) is 9.72. The maximum absolute atomic E-state index is 12.9. The Morgan fingerprint density at radius 3 is 2.43 bits per heavy atom. The molecule has 2 N–H and O–H groups in total. The molecule has 0 radical (unpaired) electrons. The smallest absolute Gasteiger partial charge is 0.262 e. The molecular weight excluding hydrogens is 360 g/mol. The van der Waals surface area contributed by atoms with Gasteiger partial charge in [-0.2, -0.15) is 0 Å². The number of carbonyl (C=O) groups is 4. The van der Waals surface area contributed by atoms with Crippen LogP contribution in [0.1, 0.15) is 52.0 Å². The first-order chi connectivity index (χ1) is 13.5. The van der Waals surface area contributed by atoms with Crippen LogP contribution in [0.4, 0.5) is 0 Å². The second-order valence-electron chi connectivity index (χ2n) is 7.67. The lowest BCUT2D eigenvalue weighted by molar-refractivity contribution is -0.136. The summed E-state index contributed by atoms with van der Waals surface area (Å²) in [6.45, 7) is 2.69. The van der Waals surface area contributed by atoms with Crippen molar-refractivity contribution in [3.8, 4) is 0 Å². The van der Waals surface area contributed by atoms with E-state index in [0.717, 1.165) is 42.9 Å². The molecule has 4 amide bonds. The number of imide groups is 2. The molecule has 8 heteroatoms. The molecular formula is C20H24N4O4. The highest BCUT2D eigenvalue weighted by molar-refractivity contribution is 6.23. The predicted octanol–water partition coefficient (Wildman–Crippen LogP) is 0.272. The number of hydrogen-bond acceptors (Lipinski definition) is 6. The lowest BCUT2D eigenvalue weighted by atomic mass is 10.0. The number of amides is 4. The van der Waals surface area contributed by atoms with Gasteiger partial charge in [0.25, 0.3) is 11.8 Å². The molecule has 148 valence electrons. The van der Waals surface area contributed by atoms with Gasteiger partial charge in [-0.25, -0.2) is 0 Å². The highest BCUT2D eigenvalue weighted by atomic mass is 16.2. The van der Waals surface area contributed by atoms with E-state index in [2.05, 4.69) is 15.5 Å². The summed E-state index contributed by atoms with van der Waals surface area (Å²) in [7, 11) is 1.98. The number of nitrogens with one attached hydrogen (secondary N) is 2. The maximum atomic E-state index is 12.9. The van der Waals surface area contributed by atoms with Crippen LogP contribution in [0, 0.1) is 0 Å². The Balaban J connectivity index is 1.50. The van der Waals surface area contributed by atoms with Crippen LogP contribution in [-0.4, -0.2) is 65.6 Å². The second kappa shape index (κ2) is 7.44. The van der Waals surface area contributed by atoms with Gasteiger partial charge in [-0.05, 0) is 57.1 Å². The first-order valence-corrected chi connectivity index (χ1v) is 9.72. The third-order valence-electron chi connectivity index (χ3n) is 5.91. The lowest BCUT2D eigenvalue weighted by Gasteiger charge is -2.31. The van der Waals surface area contributed by atoms with E-state index in [1.165, 1.54) is 0 Å². The Bertz CT molecular complexity index is 845. The summed E-state index contributed by atoms with van der Waals surface area (Å²) in [5.74, 6) is -1.87. The van der Waals surface area contributed by atoms with Crippen molar-refractivity contribution in [2.45, 2.75) is 44.3 Å². The Kier molecular flexibility index (Phi) is 4.99. The second-order valence-corrected chi connectivity index (χ2v) is 7.67. The van der Waals surface area contributed by atoms with Crippen molar-refractivity contribution in [2.75, 3.05) is 20.1 Å². The minimum atomic E-state index is -0.922. The number of benzene rings is 1. The molecule has 8 nitrogen and oxygen atoms in total. The van der Waals surface area contributed by atoms with Gasteiger partial charge < -0.3 is 5.32 Å². The standard InChI is InChI=1S/C20H24N4O4/c1-21-13-6-8-23(9-7-13)11-12-2-3-14-15(10-12)20(28)24(19(14)27)16-4-5-17(25)22-18(16)26/h2-3,10,13,16,21H,4-9,11H2,1H3,(H,22,25,26). The molecule has 4 rings (SSSR count). The third kappa shape index (κ3) is 3.33. The summed E-state index contributed by atoms with van der Waals surface area (Å²) in [5, 5.41) is 5.52. The molecule has 1 aromatic rings. The molecule has 3 aliphatic heterocycles. The quantitative estimate of drug-likeness (QED) is 0.723. The average Bonchev–Trinajstić information content (AvgIpc) is 2.93. The van der Waals surface area contributed by atoms with Gasteiger partial charge in [0.2, 0.25) is 11.8 Å². The molecule has 0 bridgehead atoms. The Morgan fingerprint density at radius 2 is 1.75 bits per heavy atom. The zero-order chi connectivity index (χ0) is 19.8. The van der Waals surface area contributed by atoms with E-state index >= 15 is 0 Å². The fourth-order valence-electron chi connectivity index (χ4n) is 4.25. The number of fused-ring (bicyclic) bond motifs is 1. The first kappa shape index (κ1) is 18.8. The van der Waals surface area contributed by atoms with Crippen LogP contribution in [0.5, 0.6) is 0 Å². The van der Waals surface area contributed by atoms with Crippen LogP contribution in [0.25, 0.3) is 0 Å². The van der Waals surface area contributed by atoms with Crippen molar-refractivity contribution in [2.24, 2.45) is 0 Å². The van der Waals surface area contributed by atoms with Crippen LogP contribution < -0.4 is 10.6 Å². The van der Waals surface area contributed by atoms with E-state index in [-0.39, 0.29) is 18.7 Å². The van der Waals surface area contributed by atoms with Crippen molar-refractivity contribution in [3.63, 3.8) is 0 Å². The van der Waals surface area contributed by atoms with Crippen LogP contribution >= 0.6 is 0 Å². The SMILES string of the molecule is CNC1CCN(Cc2ccc3c(c2)C(=O)N(C2CCC(=O)NC2=O)C3=O)CC1. The maximum Gasteiger partial charge on any atom is 0.262 e. The highest BCUT2D eigenvalue weighted by Gasteiger charge is 2.44. The van der Waals surface area contributed by atoms with E-state index in [0.29, 0.717) is 17.2 Å². The van der Waals surface area contributed by atoms with Gasteiger partial charge in [0.15, 0.2) is 0 Å². The van der Waals surface area contributed by atoms with Crippen LogP contribution in [0.3, 0.4) is 0 Å². The van der Waals surface area contributed by atoms with E-state index in [4.69, 9.17) is 0 Å². The predicted molar refractivity (Wildman–Crippen MR) is 100 cm³/mol. The Labute approximate surface area is 163 Å². The van der Waals surface area contributed by atoms with Gasteiger partial charge in [0.1, 0.15) is 6.04 Å². The number of hydrogen-bond donors (Lipinski definition) is 2. The Hall–Kier alpha value is -2.58. The van der Waals surface area contributed by atoms with E-state index in [1.54, 1.807) is 12.1 Å². The molecule has 3 heterocycles. The summed E-state index contributed by atoms with van der Waals surface area (Å²) in [4.78, 5) is 52.4. The molecule has 3 aliphatic rings. The molecule has 0 saturated carbocycles. The average molecular weight is 384 g/mol. The topological polar surface area (TPSA) is 98.8 Å². The number of likely N-dealkylation sites (tertiary alicyclic amines) is 1. The Morgan fingerprint density at radius 1 is 1.04 bits per heavy atom. The molecule has 2 fully saturated rings. The van der Waals surface area contributed by atoms with Gasteiger partial charge in [0, 0.05) is 19.0 Å². The number of nitrogens with zero attached hydrogens (tertiary/aromatic N) is 2. The number of piperidine rings is 2. The van der Waals surface area contributed by atoms with Crippen molar-refractivity contribution in [3.05, 3.63) is 34.9 Å². The zero-order valence-corrected chi connectivity index (χ0v) is 15.9. The minimum Gasteiger partial charge on any atom is -0.317 e. The van der Waals surface area contributed by atoms with E-state index < -0.39 is 23.8 Å². The van der Waals surface area contributed by atoms with Gasteiger partial charge in [0.05, 0.1) is 11.1 Å². The zero-order valence-electron chi connectivity index (χ0n) is 15.9. The van der Waals surface area contributed by atoms with Crippen molar-refractivity contribution >= 4 is 23.6 Å². The fraction of sp³-hybridized carbons (Fsp3) is 0.500. The normalized spacial score (nSPS) is 23.9. The molecule has 2 saturated heterocycles. The van der Waals surface area contributed by atoms with Gasteiger partial charge in [-0.15, -0.1) is 0 Å². The van der Waals surface area contributed by atoms with E-state index in [1.807, 2.05) is 13.1 Å². The number of rotatable bonds is 4. The van der Waals surface area contributed by atoms with Gasteiger partial charge in [-0.3, -0.25) is 34.3 Å². The molecule has 28 heavy (non-hydrogen) atoms. The monoisotopic (exact) mass is 384 g/mol. The van der Waals surface area contributed by atoms with Crippen LogP contribution in [0.15, 0.2) is 18.2 Å². The van der Waals surface area contributed by atoms with Crippen molar-refractivity contribution < 1.29 is 19.2 Å². The molecule has 1 unspecified atom stereocenters. The molecule has 0 aliphatic carbocycles. The lowest BCUT2D eigenvalue weighted by Crippen LogP contribution is -2.54. The van der Waals surface area contributed by atoms with Gasteiger partial charge >= 0.3 is 0 Å². The number of carbonyl (C=O) groups excluding carboxylic acids is 4. The van der Waals surface area contributed by atoms with Crippen molar-refractivity contribution in [1.29, 1.82) is 0 Å². The van der Waals surface area contributed by atoms with Crippen LogP contribution in [0.2, 0.25) is 0 Å². The highest BCUT2D eigenvalue weighted by Crippen LogP contribution is 2.28. The van der Waals surface area contributed by atoms with Crippen LogP contribution in [-0.2, 0) is 16.1 Å². The summed E-state index contributed by atoms with van der Waals surface area (Å²) >= 11 is 0. The summed E-state index contributed by atoms with van der Waals surface area (Å²) in [6, 6.07) is 4.96. The van der Waals surface area contributed by atoms with Crippen molar-refractivity contribution in [1.82, 2.24) is 20.4 Å². The summed E-state index contributed by atoms with van der Waals surface area (Å²) in [5.41, 5.74) is 1.65. The summed E-state index contributed by atoms with van der Waals surface area (Å²) < 4.78 is 0. The van der Waals surface area contributed by atoms with E-state index in [9.17, 15) is 19.2 Å². The fourth-order valence-corrected chi connectivity index (χ4v) is 4.25. The molecule has 1 aromatic carbocycles. The minimum absolute atomic E-state index is 0.123. The molecule has 1 atom stereocenters. The van der Waals surface area contributed by atoms with Gasteiger partial charge in [-0.1, -0.05) is 6.07 Å². The molecule has 0 spiro atoms. The summed E-state index contributed by atoms with van der Waals surface area (Å²) in [6.07, 6.45) is 2.46. The largest absolute Gasteiger partial charge is 0.317 e. The third-order valence-corrected chi connectivity index (χ3v) is 5.91. The molecule has 0 aromatic heterocycles.